The van der Waals surface area contributed by atoms with Gasteiger partial charge in [-0.1, -0.05) is 43.3 Å². The van der Waals surface area contributed by atoms with E-state index in [2.05, 4.69) is 36.5 Å². The van der Waals surface area contributed by atoms with Crippen molar-refractivity contribution in [1.82, 2.24) is 5.32 Å². The Morgan fingerprint density at radius 1 is 0.966 bits per heavy atom. The van der Waals surface area contributed by atoms with Crippen LogP contribution in [0, 0.1) is 10.1 Å². The zero-order chi connectivity index (χ0) is 20.5. The highest BCUT2D eigenvalue weighted by molar-refractivity contribution is 6.02. The number of nitrogens with one attached hydrogen (secondary N) is 1. The fourth-order valence-electron chi connectivity index (χ4n) is 4.33. The van der Waals surface area contributed by atoms with Gasteiger partial charge in [0.2, 0.25) is 5.91 Å². The maximum Gasteiger partial charge on any atom is 0.269 e. The molecule has 0 saturated heterocycles. The summed E-state index contributed by atoms with van der Waals surface area (Å²) in [4.78, 5) is 35.9. The Bertz CT molecular complexity index is 1010. The van der Waals surface area contributed by atoms with Crippen LogP contribution in [-0.2, 0) is 16.0 Å². The lowest BCUT2D eigenvalue weighted by atomic mass is 9.73. The summed E-state index contributed by atoms with van der Waals surface area (Å²) in [6.07, 6.45) is 2.16. The number of amides is 1. The molecular formula is C23H22N2O4. The van der Waals surface area contributed by atoms with Crippen molar-refractivity contribution in [2.45, 2.75) is 44.4 Å². The van der Waals surface area contributed by atoms with E-state index in [4.69, 9.17) is 0 Å². The van der Waals surface area contributed by atoms with E-state index in [9.17, 15) is 19.7 Å². The van der Waals surface area contributed by atoms with Gasteiger partial charge in [0.1, 0.15) is 0 Å². The van der Waals surface area contributed by atoms with Crippen LogP contribution in [0.5, 0.6) is 0 Å². The summed E-state index contributed by atoms with van der Waals surface area (Å²) in [6.45, 7) is 2.10. The number of carbonyl (C=O) groups excluding carboxylic acids is 2. The molecule has 1 aliphatic heterocycles. The summed E-state index contributed by atoms with van der Waals surface area (Å²) >= 11 is 0. The zero-order valence-corrected chi connectivity index (χ0v) is 16.2. The van der Waals surface area contributed by atoms with E-state index in [1.165, 1.54) is 17.7 Å². The summed E-state index contributed by atoms with van der Waals surface area (Å²) < 4.78 is 0. The van der Waals surface area contributed by atoms with Crippen molar-refractivity contribution in [3.8, 4) is 0 Å². The molecule has 0 radical (unpaired) electrons. The van der Waals surface area contributed by atoms with Gasteiger partial charge in [0.25, 0.3) is 5.69 Å². The van der Waals surface area contributed by atoms with Crippen LogP contribution in [0.4, 0.5) is 5.69 Å². The number of benzene rings is 2. The molecule has 4 rings (SSSR count). The predicted molar refractivity (Wildman–Crippen MR) is 108 cm³/mol. The summed E-state index contributed by atoms with van der Waals surface area (Å²) in [7, 11) is 0. The van der Waals surface area contributed by atoms with Gasteiger partial charge in [-0.2, -0.15) is 0 Å². The van der Waals surface area contributed by atoms with Crippen molar-refractivity contribution < 1.29 is 14.5 Å². The highest BCUT2D eigenvalue weighted by Gasteiger charge is 2.38. The molecule has 2 aromatic carbocycles. The third-order valence-corrected chi connectivity index (χ3v) is 5.90. The van der Waals surface area contributed by atoms with Gasteiger partial charge in [-0.3, -0.25) is 19.7 Å². The molecule has 1 amide bonds. The second-order valence-electron chi connectivity index (χ2n) is 7.67. The van der Waals surface area contributed by atoms with Crippen LogP contribution in [0.3, 0.4) is 0 Å². The molecule has 0 bridgehead atoms. The third-order valence-electron chi connectivity index (χ3n) is 5.90. The smallest absolute Gasteiger partial charge is 0.269 e. The molecule has 2 aromatic rings. The Labute approximate surface area is 168 Å². The van der Waals surface area contributed by atoms with Gasteiger partial charge in [-0.15, -0.1) is 0 Å². The molecule has 1 N–H and O–H groups in total. The van der Waals surface area contributed by atoms with Crippen molar-refractivity contribution in [3.63, 3.8) is 0 Å². The van der Waals surface area contributed by atoms with E-state index < -0.39 is 4.92 Å². The summed E-state index contributed by atoms with van der Waals surface area (Å²) in [5.74, 6) is -0.389. The van der Waals surface area contributed by atoms with Crippen LogP contribution < -0.4 is 5.32 Å². The number of ketones is 1. The van der Waals surface area contributed by atoms with Crippen molar-refractivity contribution in [1.29, 1.82) is 0 Å². The minimum Gasteiger partial charge on any atom is -0.329 e. The Kier molecular flexibility index (Phi) is 5.01. The molecule has 2 atom stereocenters. The molecule has 1 heterocycles. The average Bonchev–Trinajstić information content (AvgIpc) is 2.73. The van der Waals surface area contributed by atoms with Crippen LogP contribution >= 0.6 is 0 Å². The SMILES string of the molecule is CCc1ccc(C2CC(=O)C3=C(C2)NC(=O)CC3c2ccc([N+](=O)[O-])cc2)cc1. The maximum absolute atomic E-state index is 13.1. The molecule has 29 heavy (non-hydrogen) atoms. The number of hydrogen-bond donors (Lipinski definition) is 1. The summed E-state index contributed by atoms with van der Waals surface area (Å²) in [6, 6.07) is 14.5. The topological polar surface area (TPSA) is 89.3 Å². The number of nitro benzene ring substituents is 1. The number of nitro groups is 1. The highest BCUT2D eigenvalue weighted by Crippen LogP contribution is 2.42. The van der Waals surface area contributed by atoms with Gasteiger partial charge in [0.05, 0.1) is 4.92 Å². The number of allylic oxidation sites excluding steroid dienone is 2. The molecule has 0 saturated carbocycles. The molecule has 0 fully saturated rings. The molecule has 0 spiro atoms. The maximum atomic E-state index is 13.1. The Hall–Kier alpha value is -3.28. The standard InChI is InChI=1S/C23H22N2O4/c1-2-14-3-5-15(6-4-14)17-11-20-23(21(26)12-17)19(13-22(27)24-20)16-7-9-18(10-8-16)25(28)29/h3-10,17,19H,2,11-13H2,1H3,(H,24,27). The first kappa shape index (κ1) is 19.1. The Balaban J connectivity index is 1.66. The third kappa shape index (κ3) is 3.70. The molecule has 0 aromatic heterocycles. The van der Waals surface area contributed by atoms with E-state index in [0.29, 0.717) is 24.1 Å². The van der Waals surface area contributed by atoms with Crippen molar-refractivity contribution in [3.05, 3.63) is 86.6 Å². The molecule has 6 nitrogen and oxygen atoms in total. The van der Waals surface area contributed by atoms with Crippen LogP contribution in [0.15, 0.2) is 59.8 Å². The molecular weight excluding hydrogens is 368 g/mol. The van der Waals surface area contributed by atoms with Crippen LogP contribution in [-0.4, -0.2) is 16.6 Å². The first-order chi connectivity index (χ1) is 14.0. The quantitative estimate of drug-likeness (QED) is 0.627. The van der Waals surface area contributed by atoms with Gasteiger partial charge >= 0.3 is 0 Å². The minimum atomic E-state index is -0.456. The van der Waals surface area contributed by atoms with Crippen LogP contribution in [0.1, 0.15) is 54.7 Å². The summed E-state index contributed by atoms with van der Waals surface area (Å²) in [5, 5.41) is 13.8. The van der Waals surface area contributed by atoms with E-state index in [-0.39, 0.29) is 35.6 Å². The average molecular weight is 390 g/mol. The number of nitrogens with zero attached hydrogens (tertiary/aromatic N) is 1. The van der Waals surface area contributed by atoms with E-state index >= 15 is 0 Å². The van der Waals surface area contributed by atoms with Gasteiger partial charge in [-0.05, 0) is 35.4 Å². The van der Waals surface area contributed by atoms with Gasteiger partial charge in [0.15, 0.2) is 5.78 Å². The van der Waals surface area contributed by atoms with Gasteiger partial charge < -0.3 is 5.32 Å². The molecule has 6 heteroatoms. The number of carbonyl (C=O) groups is 2. The van der Waals surface area contributed by atoms with Gasteiger partial charge in [-0.25, -0.2) is 0 Å². The second kappa shape index (κ2) is 7.62. The largest absolute Gasteiger partial charge is 0.329 e. The zero-order valence-electron chi connectivity index (χ0n) is 16.2. The molecule has 2 unspecified atom stereocenters. The monoisotopic (exact) mass is 390 g/mol. The molecule has 1 aliphatic carbocycles. The lowest BCUT2D eigenvalue weighted by molar-refractivity contribution is -0.384. The second-order valence-corrected chi connectivity index (χ2v) is 7.67. The lowest BCUT2D eigenvalue weighted by Crippen LogP contribution is -2.38. The Morgan fingerprint density at radius 2 is 1.62 bits per heavy atom. The van der Waals surface area contributed by atoms with E-state index in [1.807, 2.05) is 0 Å². The number of aryl methyl sites for hydroxylation is 1. The van der Waals surface area contributed by atoms with E-state index in [1.54, 1.807) is 12.1 Å². The van der Waals surface area contributed by atoms with Crippen LogP contribution in [0.2, 0.25) is 0 Å². The molecule has 2 aliphatic rings. The minimum absolute atomic E-state index is 0.00576. The van der Waals surface area contributed by atoms with Crippen molar-refractivity contribution in [2.24, 2.45) is 0 Å². The first-order valence-electron chi connectivity index (χ1n) is 9.85. The molecule has 148 valence electrons. The van der Waals surface area contributed by atoms with Gasteiger partial charge in [0, 0.05) is 42.2 Å². The predicted octanol–water partition coefficient (Wildman–Crippen LogP) is 4.16. The first-order valence-corrected chi connectivity index (χ1v) is 9.85. The van der Waals surface area contributed by atoms with Crippen LogP contribution in [0.25, 0.3) is 0 Å². The fraction of sp³-hybridized carbons (Fsp3) is 0.304. The Morgan fingerprint density at radius 3 is 2.24 bits per heavy atom. The number of non-ortho nitro benzene ring substituents is 1. The highest BCUT2D eigenvalue weighted by atomic mass is 16.6. The number of rotatable bonds is 4. The van der Waals surface area contributed by atoms with Crippen molar-refractivity contribution >= 4 is 17.4 Å². The normalized spacial score (nSPS) is 21.6. The number of Topliss-reactive ketones (excluding diaryl/α,β-unsaturated/α-hetero) is 1. The summed E-state index contributed by atoms with van der Waals surface area (Å²) in [5.41, 5.74) is 4.46. The fourth-order valence-corrected chi connectivity index (χ4v) is 4.33. The lowest BCUT2D eigenvalue weighted by Gasteiger charge is -2.34. The van der Waals surface area contributed by atoms with E-state index in [0.717, 1.165) is 17.5 Å². The number of hydrogen-bond acceptors (Lipinski definition) is 4. The van der Waals surface area contributed by atoms with Crippen molar-refractivity contribution in [2.75, 3.05) is 0 Å².